The highest BCUT2D eigenvalue weighted by Crippen LogP contribution is 2.31. The van der Waals surface area contributed by atoms with E-state index >= 15 is 0 Å². The lowest BCUT2D eigenvalue weighted by atomic mass is 10.2. The molecule has 30 heavy (non-hydrogen) atoms. The maximum absolute atomic E-state index is 12.5. The maximum atomic E-state index is 12.5. The predicted octanol–water partition coefficient (Wildman–Crippen LogP) is 5.19. The molecular formula is C21H23Cl3N2O4. The minimum atomic E-state index is -1.83. The highest BCUT2D eigenvalue weighted by molar-refractivity contribution is 6.68. The fourth-order valence-corrected chi connectivity index (χ4v) is 2.75. The standard InChI is InChI=1S/C21H23Cl3N2O4/c1-3-4-13-30-19(28)15-5-9-16(10-6-15)25-20(21(22,23)24)26-18(27)14-7-11-17(29-2)12-8-14/h5-12,20,25H,3-4,13H2,1-2H3,(H,26,27). The number of amides is 1. The summed E-state index contributed by atoms with van der Waals surface area (Å²) in [5.41, 5.74) is 1.33. The Kier molecular flexibility index (Phi) is 9.08. The maximum Gasteiger partial charge on any atom is 0.338 e. The van der Waals surface area contributed by atoms with Gasteiger partial charge in [0.1, 0.15) is 11.9 Å². The molecule has 2 aromatic carbocycles. The van der Waals surface area contributed by atoms with Crippen molar-refractivity contribution in [1.82, 2.24) is 5.32 Å². The van der Waals surface area contributed by atoms with Gasteiger partial charge in [-0.15, -0.1) is 0 Å². The second-order valence-electron chi connectivity index (χ2n) is 6.39. The zero-order valence-electron chi connectivity index (χ0n) is 16.6. The summed E-state index contributed by atoms with van der Waals surface area (Å²) >= 11 is 18.1. The average Bonchev–Trinajstić information content (AvgIpc) is 2.73. The molecule has 6 nitrogen and oxygen atoms in total. The van der Waals surface area contributed by atoms with Gasteiger partial charge in [0.15, 0.2) is 0 Å². The van der Waals surface area contributed by atoms with Crippen molar-refractivity contribution in [3.8, 4) is 5.75 Å². The summed E-state index contributed by atoms with van der Waals surface area (Å²) in [6, 6.07) is 13.0. The summed E-state index contributed by atoms with van der Waals surface area (Å²) in [5, 5.41) is 5.61. The van der Waals surface area contributed by atoms with Gasteiger partial charge in [0.2, 0.25) is 3.79 Å². The molecule has 0 spiro atoms. The van der Waals surface area contributed by atoms with Crippen LogP contribution < -0.4 is 15.4 Å². The third-order valence-corrected chi connectivity index (χ3v) is 4.77. The fourth-order valence-electron chi connectivity index (χ4n) is 2.42. The van der Waals surface area contributed by atoms with Crippen molar-refractivity contribution in [2.45, 2.75) is 29.7 Å². The fraction of sp³-hybridized carbons (Fsp3) is 0.333. The highest BCUT2D eigenvalue weighted by atomic mass is 35.6. The lowest BCUT2D eigenvalue weighted by Gasteiger charge is -2.27. The second kappa shape index (κ2) is 11.3. The number of esters is 1. The number of hydrogen-bond acceptors (Lipinski definition) is 5. The second-order valence-corrected chi connectivity index (χ2v) is 8.76. The van der Waals surface area contributed by atoms with E-state index in [0.29, 0.717) is 29.2 Å². The summed E-state index contributed by atoms with van der Waals surface area (Å²) in [4.78, 5) is 24.5. The lowest BCUT2D eigenvalue weighted by molar-refractivity contribution is 0.0499. The Morgan fingerprint density at radius 2 is 1.60 bits per heavy atom. The Hall–Kier alpha value is -2.15. The SMILES string of the molecule is CCCCOC(=O)c1ccc(NC(NC(=O)c2ccc(OC)cc2)C(Cl)(Cl)Cl)cc1. The lowest BCUT2D eigenvalue weighted by Crippen LogP contribution is -2.49. The van der Waals surface area contributed by atoms with Crippen molar-refractivity contribution in [2.75, 3.05) is 19.0 Å². The number of methoxy groups -OCH3 is 1. The summed E-state index contributed by atoms with van der Waals surface area (Å²) in [5.74, 6) is -0.214. The molecule has 2 aromatic rings. The Morgan fingerprint density at radius 1 is 1.00 bits per heavy atom. The van der Waals surface area contributed by atoms with Crippen molar-refractivity contribution in [3.63, 3.8) is 0 Å². The molecule has 2 rings (SSSR count). The van der Waals surface area contributed by atoms with Crippen LogP contribution in [0.15, 0.2) is 48.5 Å². The summed E-state index contributed by atoms with van der Waals surface area (Å²) in [6.45, 7) is 2.39. The number of rotatable bonds is 9. The Labute approximate surface area is 190 Å². The minimum absolute atomic E-state index is 0.377. The smallest absolute Gasteiger partial charge is 0.338 e. The van der Waals surface area contributed by atoms with E-state index in [0.717, 1.165) is 12.8 Å². The predicted molar refractivity (Wildman–Crippen MR) is 120 cm³/mol. The molecule has 1 atom stereocenters. The van der Waals surface area contributed by atoms with Crippen LogP contribution in [0.25, 0.3) is 0 Å². The van der Waals surface area contributed by atoms with Gasteiger partial charge < -0.3 is 20.1 Å². The van der Waals surface area contributed by atoms with Crippen molar-refractivity contribution in [2.24, 2.45) is 0 Å². The number of benzene rings is 2. The molecule has 0 bridgehead atoms. The first-order chi connectivity index (χ1) is 14.2. The number of carbonyl (C=O) groups is 2. The van der Waals surface area contributed by atoms with E-state index in [1.165, 1.54) is 7.11 Å². The molecule has 2 N–H and O–H groups in total. The van der Waals surface area contributed by atoms with Crippen molar-refractivity contribution >= 4 is 52.4 Å². The molecule has 0 aromatic heterocycles. The molecule has 0 aliphatic rings. The van der Waals surface area contributed by atoms with Gasteiger partial charge in [-0.3, -0.25) is 4.79 Å². The first kappa shape index (κ1) is 24.1. The molecule has 0 fully saturated rings. The van der Waals surface area contributed by atoms with Crippen LogP contribution in [0.3, 0.4) is 0 Å². The van der Waals surface area contributed by atoms with E-state index in [2.05, 4.69) is 10.6 Å². The van der Waals surface area contributed by atoms with Gasteiger partial charge in [0.05, 0.1) is 19.3 Å². The molecule has 1 unspecified atom stereocenters. The van der Waals surface area contributed by atoms with Crippen molar-refractivity contribution in [3.05, 3.63) is 59.7 Å². The number of anilines is 1. The molecule has 162 valence electrons. The Bertz CT molecular complexity index is 837. The van der Waals surface area contributed by atoms with E-state index in [1.54, 1.807) is 48.5 Å². The van der Waals surface area contributed by atoms with Crippen molar-refractivity contribution in [1.29, 1.82) is 0 Å². The van der Waals surface area contributed by atoms with Crippen LogP contribution in [0, 0.1) is 0 Å². The third-order valence-electron chi connectivity index (χ3n) is 4.12. The number of hydrogen-bond donors (Lipinski definition) is 2. The van der Waals surface area contributed by atoms with Gasteiger partial charge >= 0.3 is 5.97 Å². The monoisotopic (exact) mass is 472 g/mol. The molecule has 0 aliphatic heterocycles. The largest absolute Gasteiger partial charge is 0.497 e. The average molecular weight is 474 g/mol. The van der Waals surface area contributed by atoms with E-state index < -0.39 is 21.8 Å². The van der Waals surface area contributed by atoms with Crippen LogP contribution in [0.1, 0.15) is 40.5 Å². The number of alkyl halides is 3. The highest BCUT2D eigenvalue weighted by Gasteiger charge is 2.34. The zero-order chi connectivity index (χ0) is 22.1. The summed E-state index contributed by atoms with van der Waals surface area (Å²) in [7, 11) is 1.54. The number of halogens is 3. The molecule has 0 saturated carbocycles. The first-order valence-corrected chi connectivity index (χ1v) is 10.4. The van der Waals surface area contributed by atoms with Crippen LogP contribution >= 0.6 is 34.8 Å². The van der Waals surface area contributed by atoms with Crippen molar-refractivity contribution < 1.29 is 19.1 Å². The summed E-state index contributed by atoms with van der Waals surface area (Å²) < 4.78 is 8.42. The number of carbonyl (C=O) groups excluding carboxylic acids is 2. The van der Waals surface area contributed by atoms with E-state index in [1.807, 2.05) is 6.92 Å². The first-order valence-electron chi connectivity index (χ1n) is 9.30. The minimum Gasteiger partial charge on any atom is -0.497 e. The van der Waals surface area contributed by atoms with Gasteiger partial charge in [-0.05, 0) is 55.0 Å². The van der Waals surface area contributed by atoms with Gasteiger partial charge in [-0.25, -0.2) is 4.79 Å². The topological polar surface area (TPSA) is 76.7 Å². The van der Waals surface area contributed by atoms with Crippen LogP contribution in [-0.4, -0.2) is 35.6 Å². The van der Waals surface area contributed by atoms with Crippen LogP contribution in [0.2, 0.25) is 0 Å². The third kappa shape index (κ3) is 7.27. The van der Waals surface area contributed by atoms with E-state index in [4.69, 9.17) is 44.3 Å². The van der Waals surface area contributed by atoms with Gasteiger partial charge in [0.25, 0.3) is 5.91 Å². The number of unbranched alkanes of at least 4 members (excludes halogenated alkanes) is 1. The van der Waals surface area contributed by atoms with E-state index in [9.17, 15) is 9.59 Å². The summed E-state index contributed by atoms with van der Waals surface area (Å²) in [6.07, 6.45) is 0.723. The molecule has 0 radical (unpaired) electrons. The van der Waals surface area contributed by atoms with Crippen LogP contribution in [0.4, 0.5) is 5.69 Å². The quantitative estimate of drug-likeness (QED) is 0.227. The van der Waals surface area contributed by atoms with Crippen LogP contribution in [-0.2, 0) is 4.74 Å². The van der Waals surface area contributed by atoms with E-state index in [-0.39, 0.29) is 0 Å². The van der Waals surface area contributed by atoms with Gasteiger partial charge in [0, 0.05) is 11.3 Å². The molecule has 0 saturated heterocycles. The Balaban J connectivity index is 2.05. The Morgan fingerprint density at radius 3 is 2.13 bits per heavy atom. The molecule has 9 heteroatoms. The van der Waals surface area contributed by atoms with Crippen LogP contribution in [0.5, 0.6) is 5.75 Å². The molecular weight excluding hydrogens is 451 g/mol. The zero-order valence-corrected chi connectivity index (χ0v) is 18.9. The molecule has 0 heterocycles. The van der Waals surface area contributed by atoms with Gasteiger partial charge in [-0.2, -0.15) is 0 Å². The van der Waals surface area contributed by atoms with Gasteiger partial charge in [-0.1, -0.05) is 48.1 Å². The number of ether oxygens (including phenoxy) is 2. The number of nitrogens with one attached hydrogen (secondary N) is 2. The molecule has 1 amide bonds. The molecule has 0 aliphatic carbocycles. The normalized spacial score (nSPS) is 12.0.